The third-order valence-corrected chi connectivity index (χ3v) is 3.76. The molecule has 24 heavy (non-hydrogen) atoms. The standard InChI is InChI=1S/C20H23NO3/c1-13-10-14(2)20(15(3)11-13)21-19(22)9-7-16-6-8-17(23-4)18(12-16)24-5/h6-12H,1-5H3,(H,21,22)/b9-7+. The monoisotopic (exact) mass is 325 g/mol. The zero-order valence-electron chi connectivity index (χ0n) is 14.8. The van der Waals surface area contributed by atoms with Gasteiger partial charge in [-0.05, 0) is 55.7 Å². The predicted molar refractivity (Wildman–Crippen MR) is 97.9 cm³/mol. The lowest BCUT2D eigenvalue weighted by atomic mass is 10.1. The van der Waals surface area contributed by atoms with E-state index in [4.69, 9.17) is 9.47 Å². The Hall–Kier alpha value is -2.75. The van der Waals surface area contributed by atoms with Gasteiger partial charge in [-0.15, -0.1) is 0 Å². The van der Waals surface area contributed by atoms with Crippen LogP contribution >= 0.6 is 0 Å². The van der Waals surface area contributed by atoms with Gasteiger partial charge < -0.3 is 14.8 Å². The molecule has 0 aromatic heterocycles. The fourth-order valence-corrected chi connectivity index (χ4v) is 2.67. The van der Waals surface area contributed by atoms with E-state index < -0.39 is 0 Å². The zero-order chi connectivity index (χ0) is 17.7. The Bertz CT molecular complexity index is 755. The number of benzene rings is 2. The third-order valence-electron chi connectivity index (χ3n) is 3.76. The van der Waals surface area contributed by atoms with E-state index in [1.807, 2.05) is 39.0 Å². The molecule has 2 aromatic carbocycles. The Morgan fingerprint density at radius 1 is 0.958 bits per heavy atom. The molecule has 2 rings (SSSR count). The first kappa shape index (κ1) is 17.6. The normalized spacial score (nSPS) is 10.7. The van der Waals surface area contributed by atoms with E-state index >= 15 is 0 Å². The first-order valence-corrected chi connectivity index (χ1v) is 7.73. The molecular formula is C20H23NO3. The Balaban J connectivity index is 2.14. The van der Waals surface area contributed by atoms with Crippen LogP contribution in [0.25, 0.3) is 6.08 Å². The van der Waals surface area contributed by atoms with Crippen LogP contribution < -0.4 is 14.8 Å². The van der Waals surface area contributed by atoms with Crippen LogP contribution in [-0.2, 0) is 4.79 Å². The van der Waals surface area contributed by atoms with E-state index in [2.05, 4.69) is 17.4 Å². The van der Waals surface area contributed by atoms with Gasteiger partial charge in [-0.1, -0.05) is 23.8 Å². The summed E-state index contributed by atoms with van der Waals surface area (Å²) in [7, 11) is 3.17. The van der Waals surface area contributed by atoms with Gasteiger partial charge in [0.2, 0.25) is 5.91 Å². The van der Waals surface area contributed by atoms with Gasteiger partial charge in [-0.2, -0.15) is 0 Å². The molecule has 0 saturated carbocycles. The van der Waals surface area contributed by atoms with Crippen LogP contribution in [0, 0.1) is 20.8 Å². The number of amides is 1. The largest absolute Gasteiger partial charge is 0.493 e. The molecule has 4 heteroatoms. The van der Waals surface area contributed by atoms with Crippen LogP contribution in [0.4, 0.5) is 5.69 Å². The van der Waals surface area contributed by atoms with Crippen molar-refractivity contribution in [2.24, 2.45) is 0 Å². The van der Waals surface area contributed by atoms with Crippen LogP contribution in [0.3, 0.4) is 0 Å². The fraction of sp³-hybridized carbons (Fsp3) is 0.250. The molecule has 0 saturated heterocycles. The maximum Gasteiger partial charge on any atom is 0.248 e. The molecule has 2 aromatic rings. The molecule has 0 bridgehead atoms. The number of anilines is 1. The molecule has 0 spiro atoms. The summed E-state index contributed by atoms with van der Waals surface area (Å²) < 4.78 is 10.5. The quantitative estimate of drug-likeness (QED) is 0.835. The van der Waals surface area contributed by atoms with Gasteiger partial charge in [0.15, 0.2) is 11.5 Å². The zero-order valence-corrected chi connectivity index (χ0v) is 14.8. The minimum atomic E-state index is -0.167. The summed E-state index contributed by atoms with van der Waals surface area (Å²) >= 11 is 0. The number of methoxy groups -OCH3 is 2. The number of hydrogen-bond donors (Lipinski definition) is 1. The molecule has 0 aliphatic carbocycles. The molecule has 0 fully saturated rings. The minimum absolute atomic E-state index is 0.167. The number of carbonyl (C=O) groups is 1. The van der Waals surface area contributed by atoms with Crippen molar-refractivity contribution in [3.63, 3.8) is 0 Å². The molecule has 0 aliphatic heterocycles. The highest BCUT2D eigenvalue weighted by molar-refractivity contribution is 6.02. The number of aryl methyl sites for hydroxylation is 3. The van der Waals surface area contributed by atoms with Gasteiger partial charge >= 0.3 is 0 Å². The predicted octanol–water partition coefficient (Wildman–Crippen LogP) is 4.28. The molecule has 0 atom stereocenters. The molecule has 0 heterocycles. The van der Waals surface area contributed by atoms with Crippen LogP contribution in [0.2, 0.25) is 0 Å². The lowest BCUT2D eigenvalue weighted by Crippen LogP contribution is -2.10. The summed E-state index contributed by atoms with van der Waals surface area (Å²) in [4.78, 5) is 12.2. The number of rotatable bonds is 5. The van der Waals surface area contributed by atoms with Gasteiger partial charge in [0.05, 0.1) is 14.2 Å². The summed E-state index contributed by atoms with van der Waals surface area (Å²) in [6.45, 7) is 6.03. The molecule has 126 valence electrons. The minimum Gasteiger partial charge on any atom is -0.493 e. The number of carbonyl (C=O) groups excluding carboxylic acids is 1. The first-order chi connectivity index (χ1) is 11.4. The van der Waals surface area contributed by atoms with Crippen molar-refractivity contribution in [2.75, 3.05) is 19.5 Å². The lowest BCUT2D eigenvalue weighted by Gasteiger charge is -2.11. The van der Waals surface area contributed by atoms with Crippen molar-refractivity contribution in [1.29, 1.82) is 0 Å². The fourth-order valence-electron chi connectivity index (χ4n) is 2.67. The average Bonchev–Trinajstić information content (AvgIpc) is 2.55. The van der Waals surface area contributed by atoms with Crippen molar-refractivity contribution in [3.8, 4) is 11.5 Å². The third kappa shape index (κ3) is 4.16. The van der Waals surface area contributed by atoms with E-state index in [-0.39, 0.29) is 5.91 Å². The van der Waals surface area contributed by atoms with Gasteiger partial charge in [0.25, 0.3) is 0 Å². The molecule has 4 nitrogen and oxygen atoms in total. The average molecular weight is 325 g/mol. The Morgan fingerprint density at radius 3 is 2.17 bits per heavy atom. The van der Waals surface area contributed by atoms with Gasteiger partial charge in [0.1, 0.15) is 0 Å². The van der Waals surface area contributed by atoms with Crippen LogP contribution in [0.5, 0.6) is 11.5 Å². The van der Waals surface area contributed by atoms with Crippen molar-refractivity contribution in [1.82, 2.24) is 0 Å². The highest BCUT2D eigenvalue weighted by atomic mass is 16.5. The van der Waals surface area contributed by atoms with E-state index in [1.165, 1.54) is 11.6 Å². The number of hydrogen-bond acceptors (Lipinski definition) is 3. The van der Waals surface area contributed by atoms with Crippen molar-refractivity contribution < 1.29 is 14.3 Å². The first-order valence-electron chi connectivity index (χ1n) is 7.73. The summed E-state index contributed by atoms with van der Waals surface area (Å²) in [5, 5.41) is 2.95. The van der Waals surface area contributed by atoms with Gasteiger partial charge in [-0.25, -0.2) is 0 Å². The molecular weight excluding hydrogens is 302 g/mol. The molecule has 0 unspecified atom stereocenters. The SMILES string of the molecule is COc1ccc(/C=C/C(=O)Nc2c(C)cc(C)cc2C)cc1OC. The molecule has 1 amide bonds. The Kier molecular flexibility index (Phi) is 5.64. The van der Waals surface area contributed by atoms with E-state index in [9.17, 15) is 4.79 Å². The highest BCUT2D eigenvalue weighted by Gasteiger charge is 2.07. The number of ether oxygens (including phenoxy) is 2. The highest BCUT2D eigenvalue weighted by Crippen LogP contribution is 2.28. The molecule has 1 N–H and O–H groups in total. The maximum absolute atomic E-state index is 12.2. The summed E-state index contributed by atoms with van der Waals surface area (Å²) in [6, 6.07) is 9.62. The van der Waals surface area contributed by atoms with Crippen molar-refractivity contribution in [3.05, 3.63) is 58.7 Å². The van der Waals surface area contributed by atoms with Crippen molar-refractivity contribution in [2.45, 2.75) is 20.8 Å². The smallest absolute Gasteiger partial charge is 0.248 e. The van der Waals surface area contributed by atoms with E-state index in [0.29, 0.717) is 11.5 Å². The summed E-state index contributed by atoms with van der Waals surface area (Å²) in [5.41, 5.74) is 5.02. The van der Waals surface area contributed by atoms with Crippen molar-refractivity contribution >= 4 is 17.7 Å². The van der Waals surface area contributed by atoms with Gasteiger partial charge in [0, 0.05) is 11.8 Å². The van der Waals surface area contributed by atoms with Crippen LogP contribution in [-0.4, -0.2) is 20.1 Å². The number of nitrogens with one attached hydrogen (secondary N) is 1. The molecule has 0 radical (unpaired) electrons. The molecule has 0 aliphatic rings. The van der Waals surface area contributed by atoms with Gasteiger partial charge in [-0.3, -0.25) is 4.79 Å². The summed E-state index contributed by atoms with van der Waals surface area (Å²) in [5.74, 6) is 1.12. The maximum atomic E-state index is 12.2. The van der Waals surface area contributed by atoms with E-state index in [0.717, 1.165) is 22.4 Å². The van der Waals surface area contributed by atoms with Crippen LogP contribution in [0.1, 0.15) is 22.3 Å². The lowest BCUT2D eigenvalue weighted by molar-refractivity contribution is -0.111. The Labute approximate surface area is 143 Å². The second-order valence-corrected chi connectivity index (χ2v) is 5.71. The summed E-state index contributed by atoms with van der Waals surface area (Å²) in [6.07, 6.45) is 3.26. The van der Waals surface area contributed by atoms with E-state index in [1.54, 1.807) is 20.3 Å². The van der Waals surface area contributed by atoms with Crippen LogP contribution in [0.15, 0.2) is 36.4 Å². The second-order valence-electron chi connectivity index (χ2n) is 5.71. The topological polar surface area (TPSA) is 47.6 Å². The Morgan fingerprint density at radius 2 is 1.58 bits per heavy atom. The second kappa shape index (κ2) is 7.68.